The highest BCUT2D eigenvalue weighted by atomic mass is 19.1. The second-order valence-corrected chi connectivity index (χ2v) is 5.44. The van der Waals surface area contributed by atoms with Crippen LogP contribution in [0.25, 0.3) is 11.5 Å². The molecule has 0 aliphatic rings. The molecule has 0 aliphatic carbocycles. The Morgan fingerprint density at radius 3 is 2.72 bits per heavy atom. The van der Waals surface area contributed by atoms with Crippen LogP contribution < -0.4 is 5.32 Å². The molecule has 2 aromatic heterocycles. The highest BCUT2D eigenvalue weighted by Gasteiger charge is 2.20. The molecule has 130 valence electrons. The van der Waals surface area contributed by atoms with Crippen molar-refractivity contribution < 1.29 is 13.9 Å². The van der Waals surface area contributed by atoms with Crippen molar-refractivity contribution in [1.82, 2.24) is 19.7 Å². The number of halogens is 1. The summed E-state index contributed by atoms with van der Waals surface area (Å²) in [5, 5.41) is 7.08. The zero-order valence-electron chi connectivity index (χ0n) is 13.9. The number of benzene rings is 1. The maximum Gasteiger partial charge on any atom is 0.256 e. The van der Waals surface area contributed by atoms with E-state index in [1.165, 1.54) is 16.9 Å². The second kappa shape index (κ2) is 7.76. The van der Waals surface area contributed by atoms with Gasteiger partial charge in [-0.25, -0.2) is 9.07 Å². The van der Waals surface area contributed by atoms with Crippen LogP contribution in [0.1, 0.15) is 16.8 Å². The Balaban J connectivity index is 1.97. The molecule has 0 aliphatic heterocycles. The van der Waals surface area contributed by atoms with Crippen LogP contribution in [0, 0.1) is 5.82 Å². The van der Waals surface area contributed by atoms with E-state index in [0.717, 1.165) is 0 Å². The lowest BCUT2D eigenvalue weighted by Crippen LogP contribution is -2.26. The molecular formula is C18H19FN4O2. The van der Waals surface area contributed by atoms with Gasteiger partial charge in [-0.1, -0.05) is 12.1 Å². The van der Waals surface area contributed by atoms with Crippen LogP contribution in [0.2, 0.25) is 0 Å². The van der Waals surface area contributed by atoms with Crippen LogP contribution in [-0.4, -0.2) is 40.5 Å². The lowest BCUT2D eigenvalue weighted by molar-refractivity contribution is 0.0948. The van der Waals surface area contributed by atoms with E-state index in [9.17, 15) is 9.18 Å². The Labute approximate surface area is 144 Å². The van der Waals surface area contributed by atoms with Gasteiger partial charge < -0.3 is 14.6 Å². The quantitative estimate of drug-likeness (QED) is 0.671. The minimum Gasteiger partial charge on any atom is -0.385 e. The number of hydrogen-bond acceptors (Lipinski definition) is 3. The minimum absolute atomic E-state index is 0.262. The number of methoxy groups -OCH3 is 1. The molecule has 2 heterocycles. The predicted octanol–water partition coefficient (Wildman–Crippen LogP) is 2.57. The van der Waals surface area contributed by atoms with E-state index in [4.69, 9.17) is 4.74 Å². The molecule has 1 N–H and O–H groups in total. The first-order valence-electron chi connectivity index (χ1n) is 7.96. The van der Waals surface area contributed by atoms with E-state index < -0.39 is 5.82 Å². The molecule has 3 aromatic rings. The first-order chi connectivity index (χ1) is 12.2. The van der Waals surface area contributed by atoms with E-state index in [1.807, 2.05) is 12.1 Å². The van der Waals surface area contributed by atoms with Gasteiger partial charge in [-0.3, -0.25) is 4.79 Å². The van der Waals surface area contributed by atoms with Crippen molar-refractivity contribution in [3.63, 3.8) is 0 Å². The third kappa shape index (κ3) is 3.61. The van der Waals surface area contributed by atoms with E-state index in [1.54, 1.807) is 42.3 Å². The molecule has 0 bridgehead atoms. The van der Waals surface area contributed by atoms with E-state index in [2.05, 4.69) is 10.4 Å². The lowest BCUT2D eigenvalue weighted by atomic mass is 10.2. The molecule has 0 spiro atoms. The van der Waals surface area contributed by atoms with Crippen molar-refractivity contribution in [3.05, 3.63) is 66.4 Å². The molecule has 0 saturated heterocycles. The molecular weight excluding hydrogens is 323 g/mol. The number of nitrogens with zero attached hydrogens (tertiary/aromatic N) is 3. The monoisotopic (exact) mass is 342 g/mol. The van der Waals surface area contributed by atoms with Crippen molar-refractivity contribution >= 4 is 5.91 Å². The third-order valence-electron chi connectivity index (χ3n) is 3.73. The van der Waals surface area contributed by atoms with E-state index in [-0.39, 0.29) is 11.6 Å². The number of aromatic nitrogens is 3. The summed E-state index contributed by atoms with van der Waals surface area (Å²) < 4.78 is 22.4. The predicted molar refractivity (Wildman–Crippen MR) is 91.7 cm³/mol. The van der Waals surface area contributed by atoms with E-state index in [0.29, 0.717) is 31.0 Å². The van der Waals surface area contributed by atoms with Crippen molar-refractivity contribution in [2.75, 3.05) is 20.3 Å². The molecule has 0 fully saturated rings. The van der Waals surface area contributed by atoms with Gasteiger partial charge in [0, 0.05) is 32.7 Å². The first-order valence-corrected chi connectivity index (χ1v) is 7.96. The third-order valence-corrected chi connectivity index (χ3v) is 3.73. The van der Waals surface area contributed by atoms with Crippen LogP contribution in [-0.2, 0) is 4.74 Å². The number of rotatable bonds is 7. The molecule has 0 unspecified atom stereocenters. The topological polar surface area (TPSA) is 61.1 Å². The smallest absolute Gasteiger partial charge is 0.256 e. The highest BCUT2D eigenvalue weighted by molar-refractivity contribution is 5.97. The maximum atomic E-state index is 14.2. The van der Waals surface area contributed by atoms with Gasteiger partial charge in [0.1, 0.15) is 17.1 Å². The van der Waals surface area contributed by atoms with Crippen molar-refractivity contribution in [2.24, 2.45) is 0 Å². The number of carbonyl (C=O) groups excluding carboxylic acids is 1. The van der Waals surface area contributed by atoms with Crippen LogP contribution >= 0.6 is 0 Å². The van der Waals surface area contributed by atoms with Gasteiger partial charge >= 0.3 is 0 Å². The van der Waals surface area contributed by atoms with Crippen LogP contribution in [0.4, 0.5) is 4.39 Å². The highest BCUT2D eigenvalue weighted by Crippen LogP contribution is 2.21. The number of carbonyl (C=O) groups is 1. The van der Waals surface area contributed by atoms with E-state index >= 15 is 0 Å². The van der Waals surface area contributed by atoms with Gasteiger partial charge in [-0.15, -0.1) is 0 Å². The first kappa shape index (κ1) is 16.9. The fourth-order valence-corrected chi connectivity index (χ4v) is 2.54. The zero-order valence-corrected chi connectivity index (χ0v) is 13.9. The summed E-state index contributed by atoms with van der Waals surface area (Å²) in [6.07, 6.45) is 5.74. The average Bonchev–Trinajstić information content (AvgIpc) is 3.28. The normalized spacial score (nSPS) is 10.8. The van der Waals surface area contributed by atoms with Gasteiger partial charge in [-0.05, 0) is 30.7 Å². The average molecular weight is 342 g/mol. The molecule has 0 atom stereocenters. The molecule has 7 heteroatoms. The Morgan fingerprint density at radius 1 is 1.24 bits per heavy atom. The number of ether oxygens (including phenoxy) is 1. The second-order valence-electron chi connectivity index (χ2n) is 5.44. The Bertz CT molecular complexity index is 843. The van der Waals surface area contributed by atoms with Crippen LogP contribution in [0.5, 0.6) is 0 Å². The summed E-state index contributed by atoms with van der Waals surface area (Å²) in [4.78, 5) is 12.5. The lowest BCUT2D eigenvalue weighted by Gasteiger charge is -2.11. The number of para-hydroxylation sites is 1. The summed E-state index contributed by atoms with van der Waals surface area (Å²) in [7, 11) is 1.62. The molecule has 1 amide bonds. The van der Waals surface area contributed by atoms with Crippen molar-refractivity contribution in [1.29, 1.82) is 0 Å². The number of amides is 1. The minimum atomic E-state index is -0.411. The summed E-state index contributed by atoms with van der Waals surface area (Å²) in [6, 6.07) is 9.99. The Hall–Kier alpha value is -2.93. The molecule has 0 radical (unpaired) electrons. The standard InChI is InChI=1S/C18H19FN4O2/c1-25-12-6-9-20-17(24)14-13-21-23(16-8-3-2-7-15(16)19)18(14)22-10-4-5-11-22/h2-5,7-8,10-11,13H,6,9,12H2,1H3,(H,20,24). The molecule has 0 saturated carbocycles. The van der Waals surface area contributed by atoms with Crippen LogP contribution in [0.15, 0.2) is 55.0 Å². The van der Waals surface area contributed by atoms with Crippen molar-refractivity contribution in [2.45, 2.75) is 6.42 Å². The fraction of sp³-hybridized carbons (Fsp3) is 0.222. The van der Waals surface area contributed by atoms with Crippen LogP contribution in [0.3, 0.4) is 0 Å². The van der Waals surface area contributed by atoms with Gasteiger partial charge in [0.25, 0.3) is 5.91 Å². The summed E-state index contributed by atoms with van der Waals surface area (Å²) >= 11 is 0. The molecule has 6 nitrogen and oxygen atoms in total. The molecule has 1 aromatic carbocycles. The summed E-state index contributed by atoms with van der Waals surface area (Å²) in [6.45, 7) is 1.06. The van der Waals surface area contributed by atoms with Gasteiger partial charge in [-0.2, -0.15) is 5.10 Å². The molecule has 3 rings (SSSR count). The van der Waals surface area contributed by atoms with Gasteiger partial charge in [0.2, 0.25) is 0 Å². The van der Waals surface area contributed by atoms with Gasteiger partial charge in [0.05, 0.1) is 6.20 Å². The van der Waals surface area contributed by atoms with Crippen molar-refractivity contribution in [3.8, 4) is 11.5 Å². The SMILES string of the molecule is COCCCNC(=O)c1cnn(-c2ccccc2F)c1-n1cccc1. The van der Waals surface area contributed by atoms with Gasteiger partial charge in [0.15, 0.2) is 5.82 Å². The fourth-order valence-electron chi connectivity index (χ4n) is 2.54. The summed E-state index contributed by atoms with van der Waals surface area (Å²) in [5.41, 5.74) is 0.654. The molecule has 25 heavy (non-hydrogen) atoms. The number of nitrogens with one attached hydrogen (secondary N) is 1. The number of hydrogen-bond donors (Lipinski definition) is 1. The Morgan fingerprint density at radius 2 is 2.00 bits per heavy atom. The summed E-state index contributed by atoms with van der Waals surface area (Å²) in [5.74, 6) is -0.187. The Kier molecular flexibility index (Phi) is 5.25. The zero-order chi connectivity index (χ0) is 17.6. The largest absolute Gasteiger partial charge is 0.385 e. The maximum absolute atomic E-state index is 14.2.